The molecule has 0 saturated carbocycles. The number of hydrogen-bond acceptors (Lipinski definition) is 5. The third kappa shape index (κ3) is 4.69. The Labute approximate surface area is 163 Å². The van der Waals surface area contributed by atoms with Gasteiger partial charge < -0.3 is 25.2 Å². The number of ether oxygens (including phenoxy) is 2. The minimum absolute atomic E-state index is 0.0691. The van der Waals surface area contributed by atoms with E-state index < -0.39 is 17.9 Å². The van der Waals surface area contributed by atoms with Gasteiger partial charge in [-0.15, -0.1) is 0 Å². The zero-order valence-corrected chi connectivity index (χ0v) is 15.5. The van der Waals surface area contributed by atoms with E-state index in [9.17, 15) is 14.7 Å². The number of carbonyl (C=O) groups excluding carboxylic acids is 2. The Morgan fingerprint density at radius 3 is 2.61 bits per heavy atom. The number of nitrogens with one attached hydrogen (secondary N) is 2. The quantitative estimate of drug-likeness (QED) is 0.637. The van der Waals surface area contributed by atoms with Crippen LogP contribution in [0, 0.1) is 0 Å². The van der Waals surface area contributed by atoms with E-state index in [0.717, 1.165) is 0 Å². The number of amides is 2. The largest absolute Gasteiger partial charge is 0.454 e. The van der Waals surface area contributed by atoms with Gasteiger partial charge in [-0.25, -0.2) is 0 Å². The Kier molecular flexibility index (Phi) is 6.29. The second-order valence-electron chi connectivity index (χ2n) is 6.25. The Bertz CT molecular complexity index is 876. The van der Waals surface area contributed by atoms with Crippen LogP contribution in [0.3, 0.4) is 0 Å². The van der Waals surface area contributed by atoms with Gasteiger partial charge in [0.15, 0.2) is 11.5 Å². The minimum Gasteiger partial charge on any atom is -0.454 e. The summed E-state index contributed by atoms with van der Waals surface area (Å²) in [6, 6.07) is 13.4. The molecule has 0 radical (unpaired) electrons. The van der Waals surface area contributed by atoms with E-state index in [0.29, 0.717) is 29.0 Å². The number of aliphatic hydroxyl groups excluding tert-OH is 1. The number of benzene rings is 2. The lowest BCUT2D eigenvalue weighted by molar-refractivity contribution is -0.118. The number of fused-ring (bicyclic) bond motifs is 1. The predicted octanol–water partition coefficient (Wildman–Crippen LogP) is 2.07. The second-order valence-corrected chi connectivity index (χ2v) is 6.25. The van der Waals surface area contributed by atoms with E-state index in [1.807, 2.05) is 6.92 Å². The molecule has 0 bridgehead atoms. The molecule has 0 fully saturated rings. The molecule has 2 aromatic rings. The van der Waals surface area contributed by atoms with Crippen molar-refractivity contribution in [1.82, 2.24) is 10.6 Å². The molecule has 7 nitrogen and oxygen atoms in total. The molecule has 0 saturated heterocycles. The van der Waals surface area contributed by atoms with Gasteiger partial charge in [0, 0.05) is 5.56 Å². The second kappa shape index (κ2) is 9.05. The molecule has 146 valence electrons. The summed E-state index contributed by atoms with van der Waals surface area (Å²) < 4.78 is 10.6. The predicted molar refractivity (Wildman–Crippen MR) is 104 cm³/mol. The summed E-state index contributed by atoms with van der Waals surface area (Å²) in [5, 5.41) is 14.7. The first-order valence-corrected chi connectivity index (χ1v) is 9.00. The van der Waals surface area contributed by atoms with E-state index in [1.54, 1.807) is 54.6 Å². The van der Waals surface area contributed by atoms with Crippen molar-refractivity contribution in [3.05, 3.63) is 65.4 Å². The maximum Gasteiger partial charge on any atom is 0.268 e. The molecule has 3 N–H and O–H groups in total. The molecule has 7 heteroatoms. The topological polar surface area (TPSA) is 96.9 Å². The van der Waals surface area contributed by atoms with Crippen LogP contribution < -0.4 is 20.1 Å². The van der Waals surface area contributed by atoms with E-state index >= 15 is 0 Å². The molecule has 1 aliphatic rings. The van der Waals surface area contributed by atoms with Gasteiger partial charge in [0.05, 0.1) is 12.6 Å². The van der Waals surface area contributed by atoms with Crippen LogP contribution in [0.4, 0.5) is 0 Å². The van der Waals surface area contributed by atoms with Crippen LogP contribution in [0.2, 0.25) is 0 Å². The number of hydrogen-bond donors (Lipinski definition) is 3. The lowest BCUT2D eigenvalue weighted by Crippen LogP contribution is -2.41. The number of carbonyl (C=O) groups is 2. The summed E-state index contributed by atoms with van der Waals surface area (Å²) in [6.07, 6.45) is 2.12. The molecule has 1 aliphatic heterocycles. The van der Waals surface area contributed by atoms with Gasteiger partial charge >= 0.3 is 0 Å². The van der Waals surface area contributed by atoms with Crippen molar-refractivity contribution in [1.29, 1.82) is 0 Å². The lowest BCUT2D eigenvalue weighted by Gasteiger charge is -2.16. The highest BCUT2D eigenvalue weighted by atomic mass is 16.7. The molecule has 1 heterocycles. The van der Waals surface area contributed by atoms with Crippen LogP contribution in [-0.2, 0) is 4.79 Å². The minimum atomic E-state index is -0.483. The van der Waals surface area contributed by atoms with Crippen molar-refractivity contribution in [2.75, 3.05) is 13.4 Å². The first-order valence-electron chi connectivity index (χ1n) is 9.00. The molecule has 0 unspecified atom stereocenters. The molecule has 0 aromatic heterocycles. The third-order valence-electron chi connectivity index (χ3n) is 4.28. The third-order valence-corrected chi connectivity index (χ3v) is 4.28. The van der Waals surface area contributed by atoms with Gasteiger partial charge in [0.1, 0.15) is 5.70 Å². The summed E-state index contributed by atoms with van der Waals surface area (Å²) in [6.45, 7) is 1.81. The molecule has 1 atom stereocenters. The Morgan fingerprint density at radius 2 is 1.89 bits per heavy atom. The van der Waals surface area contributed by atoms with E-state index in [-0.39, 0.29) is 19.1 Å². The van der Waals surface area contributed by atoms with Crippen molar-refractivity contribution in [2.24, 2.45) is 0 Å². The SMILES string of the molecule is CC[C@@H](CO)NC(=O)/C(=C\c1ccc2c(c1)OCO2)NC(=O)c1ccccc1. The summed E-state index contributed by atoms with van der Waals surface area (Å²) in [4.78, 5) is 25.3. The van der Waals surface area contributed by atoms with Gasteiger partial charge in [-0.05, 0) is 42.3 Å². The summed E-state index contributed by atoms with van der Waals surface area (Å²) in [5.74, 6) is 0.315. The van der Waals surface area contributed by atoms with Crippen LogP contribution >= 0.6 is 0 Å². The fourth-order valence-corrected chi connectivity index (χ4v) is 2.65. The highest BCUT2D eigenvalue weighted by Crippen LogP contribution is 2.33. The zero-order valence-electron chi connectivity index (χ0n) is 15.5. The molecule has 0 aliphatic carbocycles. The fourth-order valence-electron chi connectivity index (χ4n) is 2.65. The average molecular weight is 382 g/mol. The molecular formula is C21H22N2O5. The van der Waals surface area contributed by atoms with Crippen molar-refractivity contribution in [3.8, 4) is 11.5 Å². The highest BCUT2D eigenvalue weighted by molar-refractivity contribution is 6.05. The summed E-state index contributed by atoms with van der Waals surface area (Å²) in [7, 11) is 0. The van der Waals surface area contributed by atoms with Gasteiger partial charge in [0.2, 0.25) is 6.79 Å². The fraction of sp³-hybridized carbons (Fsp3) is 0.238. The van der Waals surface area contributed by atoms with Crippen LogP contribution in [0.5, 0.6) is 11.5 Å². The summed E-state index contributed by atoms with van der Waals surface area (Å²) in [5.41, 5.74) is 1.17. The maximum absolute atomic E-state index is 12.7. The number of rotatable bonds is 7. The number of aliphatic hydroxyl groups is 1. The highest BCUT2D eigenvalue weighted by Gasteiger charge is 2.18. The monoisotopic (exact) mass is 382 g/mol. The van der Waals surface area contributed by atoms with Crippen LogP contribution in [-0.4, -0.2) is 36.4 Å². The maximum atomic E-state index is 12.7. The normalized spacial score (nSPS) is 13.7. The first-order chi connectivity index (χ1) is 13.6. The van der Waals surface area contributed by atoms with Crippen LogP contribution in [0.25, 0.3) is 6.08 Å². The average Bonchev–Trinajstić information content (AvgIpc) is 3.19. The van der Waals surface area contributed by atoms with E-state index in [2.05, 4.69) is 10.6 Å². The van der Waals surface area contributed by atoms with Crippen molar-refractivity contribution < 1.29 is 24.2 Å². The summed E-state index contributed by atoms with van der Waals surface area (Å²) >= 11 is 0. The zero-order chi connectivity index (χ0) is 19.9. The van der Waals surface area contributed by atoms with Crippen molar-refractivity contribution >= 4 is 17.9 Å². The molecular weight excluding hydrogens is 360 g/mol. The molecule has 28 heavy (non-hydrogen) atoms. The van der Waals surface area contributed by atoms with Gasteiger partial charge in [-0.3, -0.25) is 9.59 Å². The van der Waals surface area contributed by atoms with E-state index in [1.165, 1.54) is 0 Å². The first kappa shape index (κ1) is 19.4. The lowest BCUT2D eigenvalue weighted by atomic mass is 10.1. The standard InChI is InChI=1S/C21H22N2O5/c1-2-16(12-24)22-21(26)17(23-20(25)15-6-4-3-5-7-15)10-14-8-9-18-19(11-14)28-13-27-18/h3-11,16,24H,2,12-13H2,1H3,(H,22,26)(H,23,25)/b17-10+/t16-/m0/s1. The Balaban J connectivity index is 1.87. The van der Waals surface area contributed by atoms with E-state index in [4.69, 9.17) is 9.47 Å². The van der Waals surface area contributed by atoms with Crippen LogP contribution in [0.1, 0.15) is 29.3 Å². The van der Waals surface area contributed by atoms with Gasteiger partial charge in [0.25, 0.3) is 11.8 Å². The molecule has 2 amide bonds. The Morgan fingerprint density at radius 1 is 1.14 bits per heavy atom. The van der Waals surface area contributed by atoms with Crippen molar-refractivity contribution in [2.45, 2.75) is 19.4 Å². The van der Waals surface area contributed by atoms with Crippen molar-refractivity contribution in [3.63, 3.8) is 0 Å². The molecule has 2 aromatic carbocycles. The Hall–Kier alpha value is -3.32. The van der Waals surface area contributed by atoms with Crippen LogP contribution in [0.15, 0.2) is 54.2 Å². The van der Waals surface area contributed by atoms with Gasteiger partial charge in [-0.2, -0.15) is 0 Å². The molecule has 0 spiro atoms. The molecule has 3 rings (SSSR count). The van der Waals surface area contributed by atoms with Gasteiger partial charge in [-0.1, -0.05) is 31.2 Å². The smallest absolute Gasteiger partial charge is 0.268 e.